The molecule has 1 unspecified atom stereocenters. The van der Waals surface area contributed by atoms with Gasteiger partial charge in [0.25, 0.3) is 10.0 Å². The normalized spacial score (nSPS) is 21.4. The molecule has 3 rings (SSSR count). The molecule has 0 bridgehead atoms. The number of nitrogens with one attached hydrogen (secondary N) is 1. The third-order valence-electron chi connectivity index (χ3n) is 4.05. The Morgan fingerprint density at radius 3 is 2.46 bits per heavy atom. The maximum absolute atomic E-state index is 12.4. The van der Waals surface area contributed by atoms with Crippen molar-refractivity contribution < 1.29 is 17.9 Å². The first-order valence-corrected chi connectivity index (χ1v) is 8.97. The quantitative estimate of drug-likeness (QED) is 0.925. The van der Waals surface area contributed by atoms with Crippen LogP contribution >= 0.6 is 0 Å². The molecule has 126 valence electrons. The van der Waals surface area contributed by atoms with Gasteiger partial charge in [-0.3, -0.25) is 4.72 Å². The molecule has 1 heterocycles. The lowest BCUT2D eigenvalue weighted by Gasteiger charge is -2.22. The zero-order valence-electron chi connectivity index (χ0n) is 13.7. The van der Waals surface area contributed by atoms with Gasteiger partial charge in [0.05, 0.1) is 11.1 Å². The highest BCUT2D eigenvalue weighted by Crippen LogP contribution is 2.42. The Bertz CT molecular complexity index is 887. The first kappa shape index (κ1) is 16.5. The van der Waals surface area contributed by atoms with E-state index in [0.717, 1.165) is 16.7 Å². The summed E-state index contributed by atoms with van der Waals surface area (Å²) in [5, 5.41) is 0. The molecule has 6 heteroatoms. The number of benzene rings is 2. The number of aryl methyl sites for hydroxylation is 1. The van der Waals surface area contributed by atoms with Crippen molar-refractivity contribution >= 4 is 15.8 Å². The largest absolute Gasteiger partial charge is 0.456 e. The molecule has 24 heavy (non-hydrogen) atoms. The van der Waals surface area contributed by atoms with Crippen LogP contribution in [0.2, 0.25) is 0 Å². The van der Waals surface area contributed by atoms with Gasteiger partial charge in [-0.2, -0.15) is 0 Å². The summed E-state index contributed by atoms with van der Waals surface area (Å²) in [6, 6.07) is 14.2. The van der Waals surface area contributed by atoms with Gasteiger partial charge >= 0.3 is 0 Å². The van der Waals surface area contributed by atoms with Crippen molar-refractivity contribution in [2.45, 2.75) is 24.5 Å². The summed E-state index contributed by atoms with van der Waals surface area (Å²) in [6.45, 7) is 3.70. The van der Waals surface area contributed by atoms with Crippen LogP contribution in [0.1, 0.15) is 23.6 Å². The van der Waals surface area contributed by atoms with Crippen LogP contribution in [0.3, 0.4) is 0 Å². The zero-order valence-corrected chi connectivity index (χ0v) is 14.6. The topological polar surface area (TPSA) is 64.6 Å². The molecule has 1 N–H and O–H groups in total. The minimum absolute atomic E-state index is 0.200. The first-order valence-electron chi connectivity index (χ1n) is 7.49. The molecule has 0 spiro atoms. The van der Waals surface area contributed by atoms with E-state index in [-0.39, 0.29) is 4.90 Å². The van der Waals surface area contributed by atoms with Gasteiger partial charge in [-0.05, 0) is 19.1 Å². The third kappa shape index (κ3) is 2.90. The van der Waals surface area contributed by atoms with Gasteiger partial charge in [0.2, 0.25) is 5.79 Å². The molecule has 0 saturated carbocycles. The number of hydrogen-bond donors (Lipinski definition) is 1. The van der Waals surface area contributed by atoms with E-state index >= 15 is 0 Å². The molecule has 2 aromatic rings. The third-order valence-corrected chi connectivity index (χ3v) is 5.37. The molecule has 0 saturated heterocycles. The summed E-state index contributed by atoms with van der Waals surface area (Å²) in [7, 11) is -2.11. The van der Waals surface area contributed by atoms with E-state index in [1.165, 1.54) is 6.20 Å². The zero-order chi connectivity index (χ0) is 17.4. The van der Waals surface area contributed by atoms with Crippen LogP contribution in [0.4, 0.5) is 0 Å². The maximum Gasteiger partial charge on any atom is 0.261 e. The molecule has 0 radical (unpaired) electrons. The fourth-order valence-corrected chi connectivity index (χ4v) is 3.48. The average Bonchev–Trinajstić information content (AvgIpc) is 2.87. The van der Waals surface area contributed by atoms with Gasteiger partial charge in [-0.25, -0.2) is 8.42 Å². The molecular weight excluding hydrogens is 326 g/mol. The smallest absolute Gasteiger partial charge is 0.261 e. The van der Waals surface area contributed by atoms with E-state index < -0.39 is 15.8 Å². The predicted molar refractivity (Wildman–Crippen MR) is 91.4 cm³/mol. The minimum Gasteiger partial charge on any atom is -0.456 e. The molecular formula is C18H19NO4S. The number of hydrogen-bond acceptors (Lipinski definition) is 4. The second kappa shape index (κ2) is 5.96. The summed E-state index contributed by atoms with van der Waals surface area (Å²) in [6.07, 6.45) is 1.36. The van der Waals surface area contributed by atoms with Gasteiger partial charge in [-0.15, -0.1) is 0 Å². The van der Waals surface area contributed by atoms with Crippen molar-refractivity contribution in [2.75, 3.05) is 7.11 Å². The maximum atomic E-state index is 12.4. The van der Waals surface area contributed by atoms with E-state index in [9.17, 15) is 8.42 Å². The van der Waals surface area contributed by atoms with Gasteiger partial charge < -0.3 is 9.47 Å². The second-order valence-corrected chi connectivity index (χ2v) is 7.45. The molecule has 0 aliphatic carbocycles. The highest BCUT2D eigenvalue weighted by molar-refractivity contribution is 7.89. The Morgan fingerprint density at radius 2 is 1.79 bits per heavy atom. The Morgan fingerprint density at radius 1 is 1.12 bits per heavy atom. The van der Waals surface area contributed by atoms with Crippen molar-refractivity contribution in [3.05, 3.63) is 71.4 Å². The highest BCUT2D eigenvalue weighted by atomic mass is 32.2. The van der Waals surface area contributed by atoms with Crippen LogP contribution in [-0.2, 0) is 25.3 Å². The van der Waals surface area contributed by atoms with Crippen molar-refractivity contribution in [3.63, 3.8) is 0 Å². The number of fused-ring (bicyclic) bond motifs is 1. The van der Waals surface area contributed by atoms with E-state index in [0.29, 0.717) is 5.76 Å². The monoisotopic (exact) mass is 345 g/mol. The minimum atomic E-state index is -3.66. The van der Waals surface area contributed by atoms with Crippen molar-refractivity contribution in [1.82, 2.24) is 4.72 Å². The van der Waals surface area contributed by atoms with E-state index in [1.54, 1.807) is 38.3 Å². The molecule has 1 aliphatic heterocycles. The standard InChI is InChI=1S/C18H19NO4S/c1-13-8-10-14(11-9-13)24(20,21)19-12-17-15-6-4-5-7-16(15)18(2,22-3)23-17/h4-12,19H,1-3H3/b17-12-. The van der Waals surface area contributed by atoms with Crippen molar-refractivity contribution in [1.29, 1.82) is 0 Å². The summed E-state index contributed by atoms with van der Waals surface area (Å²) in [5.74, 6) is -0.511. The highest BCUT2D eigenvalue weighted by Gasteiger charge is 2.39. The SMILES string of the molecule is COC1(C)O/C(=C\NS(=O)(=O)c2ccc(C)cc2)c2ccccc21. The number of methoxy groups -OCH3 is 1. The van der Waals surface area contributed by atoms with Gasteiger partial charge in [0.15, 0.2) is 0 Å². The lowest BCUT2D eigenvalue weighted by Crippen LogP contribution is -2.23. The molecule has 0 fully saturated rings. The van der Waals surface area contributed by atoms with Crippen molar-refractivity contribution in [3.8, 4) is 0 Å². The molecule has 1 atom stereocenters. The van der Waals surface area contributed by atoms with Gasteiger partial charge in [0, 0.05) is 25.2 Å². The average molecular weight is 345 g/mol. The Hall–Kier alpha value is -2.31. The van der Waals surface area contributed by atoms with Crippen LogP contribution in [0, 0.1) is 6.92 Å². The Kier molecular flexibility index (Phi) is 4.11. The number of ether oxygens (including phenoxy) is 2. The molecule has 5 nitrogen and oxygen atoms in total. The van der Waals surface area contributed by atoms with Crippen LogP contribution in [0.5, 0.6) is 0 Å². The Balaban J connectivity index is 1.92. The van der Waals surface area contributed by atoms with Crippen LogP contribution in [0.15, 0.2) is 59.6 Å². The number of rotatable bonds is 4. The van der Waals surface area contributed by atoms with Crippen LogP contribution in [-0.4, -0.2) is 15.5 Å². The van der Waals surface area contributed by atoms with Gasteiger partial charge in [-0.1, -0.05) is 42.0 Å². The Labute approximate surface area is 142 Å². The summed E-state index contributed by atoms with van der Waals surface area (Å²) >= 11 is 0. The van der Waals surface area contributed by atoms with E-state index in [2.05, 4.69) is 4.72 Å². The fraction of sp³-hybridized carbons (Fsp3) is 0.222. The van der Waals surface area contributed by atoms with E-state index in [4.69, 9.17) is 9.47 Å². The fourth-order valence-electron chi connectivity index (χ4n) is 2.59. The van der Waals surface area contributed by atoms with Crippen molar-refractivity contribution in [2.24, 2.45) is 0 Å². The lowest BCUT2D eigenvalue weighted by molar-refractivity contribution is -0.165. The lowest BCUT2D eigenvalue weighted by atomic mass is 10.0. The molecule has 0 amide bonds. The summed E-state index contributed by atoms with van der Waals surface area (Å²) < 4.78 is 38.5. The predicted octanol–water partition coefficient (Wildman–Crippen LogP) is 3.12. The van der Waals surface area contributed by atoms with Crippen LogP contribution in [0.25, 0.3) is 5.76 Å². The second-order valence-electron chi connectivity index (χ2n) is 5.74. The summed E-state index contributed by atoms with van der Waals surface area (Å²) in [5.41, 5.74) is 2.65. The molecule has 1 aliphatic rings. The molecule has 0 aromatic heterocycles. The first-order chi connectivity index (χ1) is 11.4. The van der Waals surface area contributed by atoms with E-state index in [1.807, 2.05) is 31.2 Å². The number of sulfonamides is 1. The van der Waals surface area contributed by atoms with Crippen LogP contribution < -0.4 is 4.72 Å². The van der Waals surface area contributed by atoms with Gasteiger partial charge in [0.1, 0.15) is 5.76 Å². The molecule has 2 aromatic carbocycles. The summed E-state index contributed by atoms with van der Waals surface area (Å²) in [4.78, 5) is 0.200.